The van der Waals surface area contributed by atoms with Crippen LogP contribution in [0.4, 0.5) is 0 Å². The van der Waals surface area contributed by atoms with Crippen molar-refractivity contribution in [3.8, 4) is 0 Å². The van der Waals surface area contributed by atoms with E-state index in [2.05, 4.69) is 39.4 Å². The van der Waals surface area contributed by atoms with Gasteiger partial charge in [-0.2, -0.15) is 0 Å². The summed E-state index contributed by atoms with van der Waals surface area (Å²) in [5, 5.41) is 0. The van der Waals surface area contributed by atoms with Crippen LogP contribution in [-0.2, 0) is 0 Å². The summed E-state index contributed by atoms with van der Waals surface area (Å²) >= 11 is 0. The van der Waals surface area contributed by atoms with Crippen molar-refractivity contribution in [2.45, 2.75) is 13.1 Å². The Hall–Kier alpha value is -0.303. The van der Waals surface area contributed by atoms with Gasteiger partial charge in [0, 0.05) is 9.52 Å². The monoisotopic (exact) mass is 116 g/mol. The lowest BCUT2D eigenvalue weighted by molar-refractivity contribution is 2.14. The zero-order valence-corrected chi connectivity index (χ0v) is 6.95. The lowest BCUT2D eigenvalue weighted by Gasteiger charge is -1.45. The standard InChI is InChI=1S/C2H8Si.2C2H4/c1-3-2;2*1-2/h3H2,1-2H3;2*1-2H2. The van der Waals surface area contributed by atoms with Crippen molar-refractivity contribution in [2.75, 3.05) is 0 Å². The van der Waals surface area contributed by atoms with Gasteiger partial charge >= 0.3 is 0 Å². The van der Waals surface area contributed by atoms with Crippen molar-refractivity contribution in [3.63, 3.8) is 0 Å². The van der Waals surface area contributed by atoms with Gasteiger partial charge in [-0.05, 0) is 0 Å². The van der Waals surface area contributed by atoms with E-state index in [4.69, 9.17) is 0 Å². The highest BCUT2D eigenvalue weighted by Crippen LogP contribution is 1.36. The molecule has 0 aromatic carbocycles. The van der Waals surface area contributed by atoms with E-state index in [-0.39, 0.29) is 0 Å². The summed E-state index contributed by atoms with van der Waals surface area (Å²) in [6, 6.07) is 0. The Balaban J connectivity index is -0.0000000360. The summed E-state index contributed by atoms with van der Waals surface area (Å²) < 4.78 is 0. The van der Waals surface area contributed by atoms with E-state index >= 15 is 0 Å². The molecule has 0 N–H and O–H groups in total. The molecule has 0 saturated carbocycles. The first-order valence-electron chi connectivity index (χ1n) is 2.41. The molecule has 0 spiro atoms. The van der Waals surface area contributed by atoms with Crippen LogP contribution < -0.4 is 0 Å². The van der Waals surface area contributed by atoms with Gasteiger partial charge in [0.2, 0.25) is 0 Å². The van der Waals surface area contributed by atoms with Crippen LogP contribution in [0.1, 0.15) is 0 Å². The van der Waals surface area contributed by atoms with Gasteiger partial charge < -0.3 is 0 Å². The molecule has 1 heteroatoms. The molecule has 0 aliphatic rings. The van der Waals surface area contributed by atoms with E-state index in [0.717, 1.165) is 0 Å². The van der Waals surface area contributed by atoms with Crippen molar-refractivity contribution in [1.82, 2.24) is 0 Å². The van der Waals surface area contributed by atoms with Gasteiger partial charge in [0.05, 0.1) is 0 Å². The summed E-state index contributed by atoms with van der Waals surface area (Å²) in [4.78, 5) is 0. The minimum Gasteiger partial charge on any atom is -0.106 e. The van der Waals surface area contributed by atoms with Gasteiger partial charge in [-0.25, -0.2) is 0 Å². The molecule has 0 amide bonds. The first-order chi connectivity index (χ1) is 3.41. The first kappa shape index (κ1) is 15.9. The minimum absolute atomic E-state index is 0.417. The second-order valence-electron chi connectivity index (χ2n) is 0.707. The topological polar surface area (TPSA) is 0 Å². The quantitative estimate of drug-likeness (QED) is 0.335. The van der Waals surface area contributed by atoms with Gasteiger partial charge in [0.1, 0.15) is 0 Å². The molecule has 0 saturated heterocycles. The molecule has 0 aliphatic heterocycles. The van der Waals surface area contributed by atoms with Gasteiger partial charge in [-0.1, -0.05) is 13.1 Å². The Bertz CT molecular complexity index is 11.7. The molecule has 0 heterocycles. The third-order valence-corrected chi connectivity index (χ3v) is 0. The molecule has 0 aliphatic carbocycles. The van der Waals surface area contributed by atoms with E-state index in [0.29, 0.717) is 9.52 Å². The summed E-state index contributed by atoms with van der Waals surface area (Å²) in [6.07, 6.45) is 0. The van der Waals surface area contributed by atoms with Crippen molar-refractivity contribution in [1.29, 1.82) is 0 Å². The van der Waals surface area contributed by atoms with Crippen LogP contribution in [0.15, 0.2) is 26.3 Å². The fourth-order valence-corrected chi connectivity index (χ4v) is 0. The van der Waals surface area contributed by atoms with E-state index in [1.165, 1.54) is 0 Å². The van der Waals surface area contributed by atoms with Crippen LogP contribution >= 0.6 is 0 Å². The molecular formula is C6H16Si. The molecule has 0 aromatic rings. The van der Waals surface area contributed by atoms with E-state index in [9.17, 15) is 0 Å². The molecule has 0 rings (SSSR count). The average molecular weight is 116 g/mol. The zero-order chi connectivity index (χ0) is 6.71. The van der Waals surface area contributed by atoms with Crippen LogP contribution in [0.3, 0.4) is 0 Å². The Labute approximate surface area is 49.8 Å². The largest absolute Gasteiger partial charge is 0.106 e. The second kappa shape index (κ2) is 259. The highest BCUT2D eigenvalue weighted by Gasteiger charge is 1.38. The number of hydrogen-bond donors (Lipinski definition) is 0. The average Bonchev–Trinajstić information content (AvgIpc) is 1.78. The molecule has 0 fully saturated rings. The molecule has 44 valence electrons. The second-order valence-corrected chi connectivity index (χ2v) is 2.12. The van der Waals surface area contributed by atoms with Crippen LogP contribution in [0.25, 0.3) is 0 Å². The molecule has 0 bridgehead atoms. The van der Waals surface area contributed by atoms with Gasteiger partial charge in [-0.3, -0.25) is 0 Å². The van der Waals surface area contributed by atoms with Crippen molar-refractivity contribution in [3.05, 3.63) is 26.3 Å². The third-order valence-electron chi connectivity index (χ3n) is 0. The molecule has 0 atom stereocenters. The summed E-state index contributed by atoms with van der Waals surface area (Å²) in [5.74, 6) is 0. The Morgan fingerprint density at radius 3 is 0.857 bits per heavy atom. The Morgan fingerprint density at radius 2 is 0.857 bits per heavy atom. The smallest absolute Gasteiger partial charge is 0.0135 e. The predicted octanol–water partition coefficient (Wildman–Crippen LogP) is 1.86. The van der Waals surface area contributed by atoms with Gasteiger partial charge in [0.15, 0.2) is 0 Å². The van der Waals surface area contributed by atoms with Crippen LogP contribution in [0.5, 0.6) is 0 Å². The molecule has 0 nitrogen and oxygen atoms in total. The molecule has 0 aromatic heterocycles. The number of rotatable bonds is 0. The summed E-state index contributed by atoms with van der Waals surface area (Å²) in [7, 11) is 0.417. The molecule has 7 heavy (non-hydrogen) atoms. The van der Waals surface area contributed by atoms with E-state index < -0.39 is 0 Å². The molecule has 0 radical (unpaired) electrons. The van der Waals surface area contributed by atoms with Crippen molar-refractivity contribution >= 4 is 9.52 Å². The van der Waals surface area contributed by atoms with Crippen molar-refractivity contribution in [2.24, 2.45) is 0 Å². The normalized spacial score (nSPS) is 3.71. The lowest BCUT2D eigenvalue weighted by atomic mass is 11.3. The maximum atomic E-state index is 3.00. The van der Waals surface area contributed by atoms with Gasteiger partial charge in [-0.15, -0.1) is 26.3 Å². The van der Waals surface area contributed by atoms with Crippen molar-refractivity contribution < 1.29 is 0 Å². The maximum absolute atomic E-state index is 3.00. The van der Waals surface area contributed by atoms with Crippen LogP contribution in [0.2, 0.25) is 13.1 Å². The molecule has 0 unspecified atom stereocenters. The first-order valence-corrected chi connectivity index (χ1v) is 5.24. The van der Waals surface area contributed by atoms with E-state index in [1.807, 2.05) is 0 Å². The summed E-state index contributed by atoms with van der Waals surface area (Å²) in [5.41, 5.74) is 0. The molecular weight excluding hydrogens is 100 g/mol. The van der Waals surface area contributed by atoms with Gasteiger partial charge in [0.25, 0.3) is 0 Å². The predicted molar refractivity (Wildman–Crippen MR) is 42.8 cm³/mol. The van der Waals surface area contributed by atoms with E-state index in [1.54, 1.807) is 0 Å². The Morgan fingerprint density at radius 1 is 0.857 bits per heavy atom. The highest BCUT2D eigenvalue weighted by molar-refractivity contribution is 6.31. The SMILES string of the molecule is C=C.C=C.C[SiH2]C. The lowest BCUT2D eigenvalue weighted by Crippen LogP contribution is -1.53. The minimum atomic E-state index is 0.417. The maximum Gasteiger partial charge on any atom is 0.0135 e. The fourth-order valence-electron chi connectivity index (χ4n) is 0. The zero-order valence-electron chi connectivity index (χ0n) is 5.54. The highest BCUT2D eigenvalue weighted by atomic mass is 28.2. The summed E-state index contributed by atoms with van der Waals surface area (Å²) in [6.45, 7) is 16.5. The third kappa shape index (κ3) is 847. The van der Waals surface area contributed by atoms with Crippen LogP contribution in [-0.4, -0.2) is 9.52 Å². The fraction of sp³-hybridized carbons (Fsp3) is 0.333. The Kier molecular flexibility index (Phi) is 588. The van der Waals surface area contributed by atoms with Crippen LogP contribution in [0, 0.1) is 0 Å². The number of hydrogen-bond acceptors (Lipinski definition) is 0.